The van der Waals surface area contributed by atoms with E-state index in [2.05, 4.69) is 6.07 Å². The standard InChI is InChI=1S/C9H4NO3.K/c11-7-5-3-1-2-4-6(5)8(12)10-9(7)13;/h2-4H,(H,10,12,13);/q-1;+1. The zero-order chi connectivity index (χ0) is 9.42. The molecule has 2 amide bonds. The Hall–Kier alpha value is -0.334. The van der Waals surface area contributed by atoms with E-state index >= 15 is 0 Å². The van der Waals surface area contributed by atoms with Crippen LogP contribution in [0.1, 0.15) is 20.7 Å². The van der Waals surface area contributed by atoms with Crippen molar-refractivity contribution in [3.05, 3.63) is 35.4 Å². The number of nitrogens with one attached hydrogen (secondary N) is 1. The van der Waals surface area contributed by atoms with Crippen molar-refractivity contribution < 1.29 is 65.8 Å². The van der Waals surface area contributed by atoms with Crippen molar-refractivity contribution in [3.8, 4) is 0 Å². The molecule has 0 atom stereocenters. The fourth-order valence-electron chi connectivity index (χ4n) is 1.17. The molecule has 0 unspecified atom stereocenters. The molecule has 1 aromatic rings. The number of imide groups is 1. The number of Topliss-reactive ketones (excluding diaryl/α,β-unsaturated/α-hetero) is 1. The number of amides is 2. The van der Waals surface area contributed by atoms with Crippen LogP contribution in [0.5, 0.6) is 0 Å². The fourth-order valence-corrected chi connectivity index (χ4v) is 1.17. The van der Waals surface area contributed by atoms with Crippen LogP contribution in [0.25, 0.3) is 0 Å². The molecule has 0 radical (unpaired) electrons. The van der Waals surface area contributed by atoms with Crippen molar-refractivity contribution in [2.75, 3.05) is 0 Å². The van der Waals surface area contributed by atoms with E-state index in [9.17, 15) is 14.4 Å². The number of fused-ring (bicyclic) bond motifs is 1. The van der Waals surface area contributed by atoms with Crippen LogP contribution in [0.15, 0.2) is 18.2 Å². The van der Waals surface area contributed by atoms with Gasteiger partial charge in [-0.05, 0) is 0 Å². The van der Waals surface area contributed by atoms with E-state index in [1.165, 1.54) is 18.2 Å². The van der Waals surface area contributed by atoms with Crippen molar-refractivity contribution >= 4 is 17.6 Å². The molecule has 4 nitrogen and oxygen atoms in total. The molecule has 0 saturated carbocycles. The number of benzene rings is 1. The van der Waals surface area contributed by atoms with E-state index in [0.29, 0.717) is 0 Å². The molecule has 0 aliphatic carbocycles. The Morgan fingerprint density at radius 2 is 1.79 bits per heavy atom. The Balaban J connectivity index is 0.000000980. The molecule has 5 heteroatoms. The Morgan fingerprint density at radius 1 is 1.07 bits per heavy atom. The summed E-state index contributed by atoms with van der Waals surface area (Å²) in [5.74, 6) is -2.10. The summed E-state index contributed by atoms with van der Waals surface area (Å²) in [5.41, 5.74) is 0.347. The van der Waals surface area contributed by atoms with Gasteiger partial charge in [-0.3, -0.25) is 19.7 Å². The summed E-state index contributed by atoms with van der Waals surface area (Å²) >= 11 is 0. The molecule has 1 N–H and O–H groups in total. The third-order valence-electron chi connectivity index (χ3n) is 1.79. The van der Waals surface area contributed by atoms with Crippen LogP contribution in [-0.4, -0.2) is 17.6 Å². The summed E-state index contributed by atoms with van der Waals surface area (Å²) in [5, 5.41) is 1.94. The average Bonchev–Trinajstić information content (AvgIpc) is 2.15. The smallest absolute Gasteiger partial charge is 0.298 e. The summed E-state index contributed by atoms with van der Waals surface area (Å²) in [4.78, 5) is 33.2. The summed E-state index contributed by atoms with van der Waals surface area (Å²) in [6.45, 7) is 0. The van der Waals surface area contributed by atoms with Crippen LogP contribution in [-0.2, 0) is 4.79 Å². The van der Waals surface area contributed by atoms with Crippen molar-refractivity contribution in [1.82, 2.24) is 5.32 Å². The van der Waals surface area contributed by atoms with E-state index < -0.39 is 17.6 Å². The van der Waals surface area contributed by atoms with Gasteiger partial charge in [0.25, 0.3) is 5.91 Å². The predicted octanol–water partition coefficient (Wildman–Crippen LogP) is -3.06. The van der Waals surface area contributed by atoms with Crippen LogP contribution in [0.4, 0.5) is 0 Å². The van der Waals surface area contributed by atoms with E-state index in [1.807, 2.05) is 5.32 Å². The topological polar surface area (TPSA) is 63.2 Å². The van der Waals surface area contributed by atoms with Crippen LogP contribution >= 0.6 is 0 Å². The van der Waals surface area contributed by atoms with Crippen molar-refractivity contribution in [2.24, 2.45) is 0 Å². The maximum absolute atomic E-state index is 11.2. The van der Waals surface area contributed by atoms with Gasteiger partial charge in [0.2, 0.25) is 5.91 Å². The van der Waals surface area contributed by atoms with Gasteiger partial charge in [-0.15, -0.1) is 0 Å². The molecule has 1 aliphatic rings. The molecule has 0 bridgehead atoms. The molecular weight excluding hydrogens is 209 g/mol. The van der Waals surface area contributed by atoms with E-state index in [1.54, 1.807) is 0 Å². The second-order valence-corrected chi connectivity index (χ2v) is 2.58. The second kappa shape index (κ2) is 4.46. The third kappa shape index (κ3) is 1.87. The van der Waals surface area contributed by atoms with E-state index in [-0.39, 0.29) is 62.5 Å². The first-order chi connectivity index (χ1) is 6.20. The van der Waals surface area contributed by atoms with Crippen LogP contribution in [0.2, 0.25) is 0 Å². The van der Waals surface area contributed by atoms with Gasteiger partial charge in [-0.2, -0.15) is 24.3 Å². The summed E-state index contributed by atoms with van der Waals surface area (Å²) in [6, 6.07) is 6.95. The molecule has 0 fully saturated rings. The zero-order valence-corrected chi connectivity index (χ0v) is 10.6. The average molecular weight is 213 g/mol. The maximum atomic E-state index is 11.2. The number of rotatable bonds is 0. The summed E-state index contributed by atoms with van der Waals surface area (Å²) in [6.07, 6.45) is 0. The summed E-state index contributed by atoms with van der Waals surface area (Å²) < 4.78 is 0. The number of ketones is 1. The van der Waals surface area contributed by atoms with Crippen molar-refractivity contribution in [1.29, 1.82) is 0 Å². The van der Waals surface area contributed by atoms with Gasteiger partial charge in [-0.1, -0.05) is 11.1 Å². The zero-order valence-electron chi connectivity index (χ0n) is 7.46. The normalized spacial score (nSPS) is 14.1. The van der Waals surface area contributed by atoms with E-state index in [4.69, 9.17) is 0 Å². The van der Waals surface area contributed by atoms with Gasteiger partial charge in [0.15, 0.2) is 5.78 Å². The first-order valence-corrected chi connectivity index (χ1v) is 3.60. The van der Waals surface area contributed by atoms with Crippen LogP contribution in [0, 0.1) is 6.07 Å². The van der Waals surface area contributed by atoms with Crippen molar-refractivity contribution in [2.45, 2.75) is 0 Å². The molecule has 14 heavy (non-hydrogen) atoms. The Labute approximate surface area is 122 Å². The number of hydrogen-bond acceptors (Lipinski definition) is 3. The number of carbonyl (C=O) groups is 3. The Kier molecular flexibility index (Phi) is 3.74. The minimum atomic E-state index is -0.878. The van der Waals surface area contributed by atoms with Gasteiger partial charge in [0, 0.05) is 0 Å². The quantitative estimate of drug-likeness (QED) is 0.215. The first kappa shape index (κ1) is 11.7. The first-order valence-electron chi connectivity index (χ1n) is 3.60. The number of carbonyl (C=O) groups excluding carboxylic acids is 3. The second-order valence-electron chi connectivity index (χ2n) is 2.58. The van der Waals surface area contributed by atoms with Gasteiger partial charge >= 0.3 is 51.4 Å². The van der Waals surface area contributed by atoms with Crippen LogP contribution < -0.4 is 56.7 Å². The minimum Gasteiger partial charge on any atom is -0.298 e. The maximum Gasteiger partial charge on any atom is 1.00 e. The molecular formula is C9H4KNO3. The molecule has 1 aromatic carbocycles. The minimum absolute atomic E-state index is 0. The molecule has 1 heterocycles. The molecule has 0 spiro atoms. The summed E-state index contributed by atoms with van der Waals surface area (Å²) in [7, 11) is 0. The van der Waals surface area contributed by atoms with Crippen molar-refractivity contribution in [3.63, 3.8) is 0 Å². The Bertz CT molecular complexity index is 428. The third-order valence-corrected chi connectivity index (χ3v) is 1.79. The molecule has 64 valence electrons. The Morgan fingerprint density at radius 3 is 2.50 bits per heavy atom. The van der Waals surface area contributed by atoms with Gasteiger partial charge in [0.1, 0.15) is 0 Å². The van der Waals surface area contributed by atoms with E-state index in [0.717, 1.165) is 0 Å². The molecule has 0 saturated heterocycles. The fraction of sp³-hybridized carbons (Fsp3) is 0. The monoisotopic (exact) mass is 213 g/mol. The van der Waals surface area contributed by atoms with Crippen LogP contribution in [0.3, 0.4) is 0 Å². The molecule has 2 rings (SSSR count). The largest absolute Gasteiger partial charge is 1.00 e. The number of hydrogen-bond donors (Lipinski definition) is 1. The van der Waals surface area contributed by atoms with Gasteiger partial charge in [-0.25, -0.2) is 0 Å². The molecule has 0 aromatic heterocycles. The van der Waals surface area contributed by atoms with Gasteiger partial charge < -0.3 is 0 Å². The predicted molar refractivity (Wildman–Crippen MR) is 42.1 cm³/mol. The molecule has 1 aliphatic heterocycles. The SMILES string of the molecule is O=C1NC(=O)c2cc[c-]cc2C1=O.[K+]. The van der Waals surface area contributed by atoms with Gasteiger partial charge in [0.05, 0.1) is 0 Å².